The number of nitrogens with one attached hydrogen (secondary N) is 1. The molecule has 6 nitrogen and oxygen atoms in total. The van der Waals surface area contributed by atoms with E-state index in [9.17, 15) is 13.5 Å². The molecular formula is C19H29ClN3O3S2+. The molecule has 28 heavy (non-hydrogen) atoms. The molecule has 1 saturated heterocycles. The Balaban J connectivity index is 1.96. The Hall–Kier alpha value is -0.800. The van der Waals surface area contributed by atoms with E-state index in [2.05, 4.69) is 23.1 Å². The van der Waals surface area contributed by atoms with E-state index in [4.69, 9.17) is 11.6 Å². The van der Waals surface area contributed by atoms with Crippen molar-refractivity contribution in [2.45, 2.75) is 56.2 Å². The van der Waals surface area contributed by atoms with Crippen molar-refractivity contribution in [3.05, 3.63) is 28.8 Å². The molecule has 1 aromatic rings. The minimum Gasteiger partial charge on any atom is -0.349 e. The number of halogens is 1. The molecule has 2 N–H and O–H groups in total. The smallest absolute Gasteiger partial charge is 0.311 e. The van der Waals surface area contributed by atoms with Crippen LogP contribution in [-0.2, 0) is 15.7 Å². The van der Waals surface area contributed by atoms with E-state index in [0.717, 1.165) is 43.9 Å². The van der Waals surface area contributed by atoms with Crippen LogP contribution in [0.15, 0.2) is 23.1 Å². The van der Waals surface area contributed by atoms with Crippen LogP contribution in [0.5, 0.6) is 0 Å². The van der Waals surface area contributed by atoms with Gasteiger partial charge < -0.3 is 5.11 Å². The second-order valence-electron chi connectivity index (χ2n) is 7.37. The highest BCUT2D eigenvalue weighted by Gasteiger charge is 2.50. The molecule has 1 atom stereocenters. The van der Waals surface area contributed by atoms with Crippen LogP contribution in [0.25, 0.3) is 0 Å². The third kappa shape index (κ3) is 4.07. The van der Waals surface area contributed by atoms with Gasteiger partial charge in [0.2, 0.25) is 15.7 Å². The second kappa shape index (κ2) is 8.52. The second-order valence-corrected chi connectivity index (χ2v) is 10.4. The highest BCUT2D eigenvalue weighted by atomic mass is 35.5. The van der Waals surface area contributed by atoms with Crippen molar-refractivity contribution in [2.24, 2.45) is 0 Å². The summed E-state index contributed by atoms with van der Waals surface area (Å²) in [6.45, 7) is 5.82. The molecule has 1 aliphatic carbocycles. The standard InChI is InChI=1S/C19H29ClN3O3S2/c1-4-23(5-2)18-22(3)19(24,13-27-18)14-10-11-16(20)17(12-14)28(25,26)21-15-8-6-7-9-15/h10-12,15,21,24H,4-9,13H2,1-3H3/q+1. The number of hydrogen-bond donors (Lipinski definition) is 2. The molecule has 1 aliphatic heterocycles. The van der Waals surface area contributed by atoms with E-state index in [1.165, 1.54) is 6.07 Å². The number of nitrogens with zero attached hydrogens (tertiary/aromatic N) is 2. The van der Waals surface area contributed by atoms with Gasteiger partial charge in [0.15, 0.2) is 0 Å². The predicted octanol–water partition coefficient (Wildman–Crippen LogP) is 2.79. The fraction of sp³-hybridized carbons (Fsp3) is 0.632. The Labute approximate surface area is 177 Å². The van der Waals surface area contributed by atoms with Crippen LogP contribution in [0.3, 0.4) is 0 Å². The normalized spacial score (nSPS) is 23.6. The molecule has 1 unspecified atom stereocenters. The zero-order chi connectivity index (χ0) is 20.5. The van der Waals surface area contributed by atoms with E-state index >= 15 is 0 Å². The minimum absolute atomic E-state index is 0.0293. The first-order valence-corrected chi connectivity index (χ1v) is 12.6. The first kappa shape index (κ1) is 21.9. The highest BCUT2D eigenvalue weighted by molar-refractivity contribution is 8.13. The molecule has 1 aromatic carbocycles. The van der Waals surface area contributed by atoms with Crippen LogP contribution in [0.2, 0.25) is 5.02 Å². The molecule has 0 aromatic heterocycles. The lowest BCUT2D eigenvalue weighted by Crippen LogP contribution is -2.44. The SMILES string of the molecule is CC[N+](CC)=C1SCC(O)(c2ccc(Cl)c(S(=O)(=O)NC3CCCC3)c2)N1C. The summed E-state index contributed by atoms with van der Waals surface area (Å²) in [5.41, 5.74) is -0.758. The fourth-order valence-electron chi connectivity index (χ4n) is 3.88. The first-order valence-electron chi connectivity index (χ1n) is 9.76. The van der Waals surface area contributed by atoms with Crippen LogP contribution in [0, 0.1) is 0 Å². The van der Waals surface area contributed by atoms with E-state index in [-0.39, 0.29) is 16.0 Å². The van der Waals surface area contributed by atoms with Crippen molar-refractivity contribution in [1.82, 2.24) is 9.62 Å². The van der Waals surface area contributed by atoms with Gasteiger partial charge in [-0.3, -0.25) is 4.58 Å². The summed E-state index contributed by atoms with van der Waals surface area (Å²) in [4.78, 5) is 1.86. The molecule has 3 rings (SSSR count). The van der Waals surface area contributed by atoms with Gasteiger partial charge >= 0.3 is 5.17 Å². The van der Waals surface area contributed by atoms with Gasteiger partial charge in [-0.15, -0.1) is 0 Å². The number of amidine groups is 1. The Morgan fingerprint density at radius 1 is 1.32 bits per heavy atom. The molecule has 1 heterocycles. The summed E-state index contributed by atoms with van der Waals surface area (Å²) >= 11 is 7.82. The van der Waals surface area contributed by atoms with Gasteiger partial charge in [0.1, 0.15) is 4.90 Å². The minimum atomic E-state index is -3.75. The van der Waals surface area contributed by atoms with Crippen molar-refractivity contribution >= 4 is 38.6 Å². The maximum Gasteiger partial charge on any atom is 0.311 e. The molecule has 9 heteroatoms. The number of sulfonamides is 1. The average molecular weight is 447 g/mol. The largest absolute Gasteiger partial charge is 0.349 e. The van der Waals surface area contributed by atoms with Crippen LogP contribution < -0.4 is 4.72 Å². The number of thioether (sulfide) groups is 1. The molecule has 156 valence electrons. The molecule has 0 bridgehead atoms. The van der Waals surface area contributed by atoms with Crippen molar-refractivity contribution in [2.75, 3.05) is 25.9 Å². The van der Waals surface area contributed by atoms with Gasteiger partial charge in [0.25, 0.3) is 0 Å². The van der Waals surface area contributed by atoms with Crippen molar-refractivity contribution in [1.29, 1.82) is 0 Å². The van der Waals surface area contributed by atoms with E-state index < -0.39 is 15.7 Å². The lowest BCUT2D eigenvalue weighted by atomic mass is 10.0. The molecule has 0 amide bonds. The van der Waals surface area contributed by atoms with Crippen molar-refractivity contribution < 1.29 is 18.1 Å². The van der Waals surface area contributed by atoms with Crippen molar-refractivity contribution in [3.63, 3.8) is 0 Å². The van der Waals surface area contributed by atoms with Crippen LogP contribution >= 0.6 is 23.4 Å². The summed E-state index contributed by atoms with van der Waals surface area (Å²) in [6, 6.07) is 4.74. The zero-order valence-electron chi connectivity index (χ0n) is 16.6. The zero-order valence-corrected chi connectivity index (χ0v) is 19.0. The first-order chi connectivity index (χ1) is 13.2. The van der Waals surface area contributed by atoms with E-state index in [1.54, 1.807) is 23.9 Å². The predicted molar refractivity (Wildman–Crippen MR) is 114 cm³/mol. The summed E-state index contributed by atoms with van der Waals surface area (Å²) in [5.74, 6) is 0.423. The van der Waals surface area contributed by atoms with Gasteiger partial charge in [-0.25, -0.2) is 18.0 Å². The fourth-order valence-corrected chi connectivity index (χ4v) is 7.18. The van der Waals surface area contributed by atoms with Gasteiger partial charge in [0.05, 0.1) is 30.9 Å². The van der Waals surface area contributed by atoms with Crippen LogP contribution in [0.4, 0.5) is 0 Å². The third-order valence-electron chi connectivity index (χ3n) is 5.64. The Morgan fingerprint density at radius 2 is 1.96 bits per heavy atom. The third-order valence-corrected chi connectivity index (χ3v) is 8.98. The topological polar surface area (TPSA) is 72.6 Å². The van der Waals surface area contributed by atoms with Gasteiger partial charge in [-0.2, -0.15) is 0 Å². The van der Waals surface area contributed by atoms with Crippen LogP contribution in [0.1, 0.15) is 45.1 Å². The lowest BCUT2D eigenvalue weighted by Gasteiger charge is -2.27. The molecule has 2 fully saturated rings. The summed E-state index contributed by atoms with van der Waals surface area (Å²) in [5, 5.41) is 12.6. The highest BCUT2D eigenvalue weighted by Crippen LogP contribution is 2.39. The maximum atomic E-state index is 12.9. The number of benzene rings is 1. The molecule has 0 radical (unpaired) electrons. The summed E-state index contributed by atoms with van der Waals surface area (Å²) in [7, 11) is -1.90. The monoisotopic (exact) mass is 446 g/mol. The lowest BCUT2D eigenvalue weighted by molar-refractivity contribution is -0.523. The maximum absolute atomic E-state index is 12.9. The molecule has 1 saturated carbocycles. The number of aliphatic hydroxyl groups is 1. The van der Waals surface area contributed by atoms with Gasteiger partial charge in [0, 0.05) is 11.6 Å². The Kier molecular flexibility index (Phi) is 6.66. The molecule has 0 spiro atoms. The van der Waals surface area contributed by atoms with E-state index in [0.29, 0.717) is 11.3 Å². The average Bonchev–Trinajstić information content (AvgIpc) is 3.26. The summed E-state index contributed by atoms with van der Waals surface area (Å²) < 4.78 is 30.8. The van der Waals surface area contributed by atoms with E-state index in [1.807, 2.05) is 11.9 Å². The Bertz CT molecular complexity index is 863. The molecule has 2 aliphatic rings. The molecular weight excluding hydrogens is 418 g/mol. The van der Waals surface area contributed by atoms with Crippen LogP contribution in [-0.4, -0.2) is 60.1 Å². The summed E-state index contributed by atoms with van der Waals surface area (Å²) in [6.07, 6.45) is 3.77. The number of rotatable bonds is 6. The number of hydrogen-bond acceptors (Lipinski definition) is 4. The van der Waals surface area contributed by atoms with Crippen molar-refractivity contribution in [3.8, 4) is 0 Å². The van der Waals surface area contributed by atoms with Gasteiger partial charge in [-0.05, 0) is 50.6 Å². The Morgan fingerprint density at radius 3 is 2.57 bits per heavy atom. The quantitative estimate of drug-likeness (QED) is 0.657. The van der Waals surface area contributed by atoms with Gasteiger partial charge in [-0.1, -0.05) is 30.5 Å².